The zero-order valence-corrected chi connectivity index (χ0v) is 8.36. The number of carbonyl (C=O) groups excluding carboxylic acids is 1. The van der Waals surface area contributed by atoms with Gasteiger partial charge in [0.25, 0.3) is 0 Å². The number of rotatable bonds is 2. The number of carbonyl (C=O) groups is 1. The molecule has 0 bridgehead atoms. The number of hydrogen-bond donors (Lipinski definition) is 2. The average molecular weight is 206 g/mol. The highest BCUT2D eigenvalue weighted by Crippen LogP contribution is 2.09. The van der Waals surface area contributed by atoms with Crippen LogP contribution in [0.3, 0.4) is 0 Å². The minimum atomic E-state index is -3.05. The first-order valence-corrected chi connectivity index (χ1v) is 5.90. The SMILES string of the molecule is CNC(=O)CC1CNCCS1(=O)=O. The van der Waals surface area contributed by atoms with Gasteiger partial charge in [0.2, 0.25) is 5.91 Å². The zero-order chi connectivity index (χ0) is 9.90. The lowest BCUT2D eigenvalue weighted by molar-refractivity contribution is -0.120. The monoisotopic (exact) mass is 206 g/mol. The molecule has 0 saturated carbocycles. The molecule has 0 spiro atoms. The summed E-state index contributed by atoms with van der Waals surface area (Å²) in [5.41, 5.74) is 0. The molecule has 0 aliphatic carbocycles. The van der Waals surface area contributed by atoms with E-state index in [0.29, 0.717) is 13.1 Å². The van der Waals surface area contributed by atoms with Crippen molar-refractivity contribution in [2.45, 2.75) is 11.7 Å². The van der Waals surface area contributed by atoms with Gasteiger partial charge in [0.1, 0.15) is 0 Å². The Morgan fingerprint density at radius 1 is 1.62 bits per heavy atom. The molecule has 0 aromatic carbocycles. The molecule has 1 atom stereocenters. The van der Waals surface area contributed by atoms with Crippen LogP contribution in [-0.4, -0.2) is 45.5 Å². The van der Waals surface area contributed by atoms with E-state index in [1.807, 2.05) is 0 Å². The lowest BCUT2D eigenvalue weighted by Gasteiger charge is -2.22. The maximum atomic E-state index is 11.4. The lowest BCUT2D eigenvalue weighted by atomic mass is 10.3. The summed E-state index contributed by atoms with van der Waals surface area (Å²) in [6, 6.07) is 0. The first kappa shape index (κ1) is 10.5. The fourth-order valence-corrected chi connectivity index (χ4v) is 2.82. The molecule has 0 aromatic rings. The molecule has 2 N–H and O–H groups in total. The van der Waals surface area contributed by atoms with E-state index in [4.69, 9.17) is 0 Å². The molecule has 76 valence electrons. The zero-order valence-electron chi connectivity index (χ0n) is 7.54. The van der Waals surface area contributed by atoms with Crippen molar-refractivity contribution < 1.29 is 13.2 Å². The van der Waals surface area contributed by atoms with E-state index in [9.17, 15) is 13.2 Å². The molecule has 1 saturated heterocycles. The van der Waals surface area contributed by atoms with Crippen LogP contribution in [0.15, 0.2) is 0 Å². The number of hydrogen-bond acceptors (Lipinski definition) is 4. The van der Waals surface area contributed by atoms with E-state index < -0.39 is 15.1 Å². The highest BCUT2D eigenvalue weighted by atomic mass is 32.2. The van der Waals surface area contributed by atoms with Gasteiger partial charge in [-0.2, -0.15) is 0 Å². The van der Waals surface area contributed by atoms with Gasteiger partial charge in [0, 0.05) is 26.6 Å². The van der Waals surface area contributed by atoms with Crippen LogP contribution in [0.1, 0.15) is 6.42 Å². The van der Waals surface area contributed by atoms with Crippen LogP contribution < -0.4 is 10.6 Å². The van der Waals surface area contributed by atoms with E-state index in [0.717, 1.165) is 0 Å². The van der Waals surface area contributed by atoms with Crippen molar-refractivity contribution in [3.05, 3.63) is 0 Å². The van der Waals surface area contributed by atoms with Crippen LogP contribution in [0.2, 0.25) is 0 Å². The van der Waals surface area contributed by atoms with Gasteiger partial charge in [0.15, 0.2) is 9.84 Å². The second kappa shape index (κ2) is 4.06. The Labute approximate surface area is 77.8 Å². The van der Waals surface area contributed by atoms with Gasteiger partial charge in [-0.1, -0.05) is 0 Å². The smallest absolute Gasteiger partial charge is 0.221 e. The summed E-state index contributed by atoms with van der Waals surface area (Å²) >= 11 is 0. The molecule has 1 unspecified atom stereocenters. The molecule has 1 rings (SSSR count). The highest BCUT2D eigenvalue weighted by molar-refractivity contribution is 7.92. The quantitative estimate of drug-likeness (QED) is 0.577. The molecule has 1 fully saturated rings. The Morgan fingerprint density at radius 3 is 2.85 bits per heavy atom. The summed E-state index contributed by atoms with van der Waals surface area (Å²) in [6.45, 7) is 0.877. The Bertz CT molecular complexity index is 286. The number of amides is 1. The van der Waals surface area contributed by atoms with Gasteiger partial charge in [0.05, 0.1) is 11.0 Å². The van der Waals surface area contributed by atoms with Crippen LogP contribution in [-0.2, 0) is 14.6 Å². The van der Waals surface area contributed by atoms with E-state index in [-0.39, 0.29) is 18.1 Å². The summed E-state index contributed by atoms with van der Waals surface area (Å²) in [5, 5.41) is 4.83. The van der Waals surface area contributed by atoms with Gasteiger partial charge in [-0.05, 0) is 0 Å². The summed E-state index contributed by atoms with van der Waals surface area (Å²) in [5.74, 6) is -0.0912. The molecule has 1 aliphatic heterocycles. The Hall–Kier alpha value is -0.620. The fraction of sp³-hybridized carbons (Fsp3) is 0.857. The molecular formula is C7H14N2O3S. The Balaban J connectivity index is 2.62. The molecular weight excluding hydrogens is 192 g/mol. The maximum absolute atomic E-state index is 11.4. The summed E-state index contributed by atoms with van der Waals surface area (Å²) in [7, 11) is -1.55. The van der Waals surface area contributed by atoms with Crippen LogP contribution in [0, 0.1) is 0 Å². The van der Waals surface area contributed by atoms with Crippen LogP contribution in [0.5, 0.6) is 0 Å². The normalized spacial score (nSPS) is 26.7. The molecule has 1 aliphatic rings. The van der Waals surface area contributed by atoms with E-state index in [1.54, 1.807) is 0 Å². The Kier molecular flexibility index (Phi) is 3.27. The van der Waals surface area contributed by atoms with Crippen molar-refractivity contribution >= 4 is 15.7 Å². The summed E-state index contributed by atoms with van der Waals surface area (Å²) in [6.07, 6.45) is 0.0613. The van der Waals surface area contributed by atoms with E-state index >= 15 is 0 Å². The van der Waals surface area contributed by atoms with Gasteiger partial charge < -0.3 is 10.6 Å². The molecule has 0 radical (unpaired) electrons. The fourth-order valence-electron chi connectivity index (χ4n) is 1.28. The Morgan fingerprint density at radius 2 is 2.31 bits per heavy atom. The highest BCUT2D eigenvalue weighted by Gasteiger charge is 2.30. The third-order valence-corrected chi connectivity index (χ3v) is 4.26. The lowest BCUT2D eigenvalue weighted by Crippen LogP contribution is -2.45. The van der Waals surface area contributed by atoms with Crippen LogP contribution in [0.4, 0.5) is 0 Å². The van der Waals surface area contributed by atoms with E-state index in [2.05, 4.69) is 10.6 Å². The summed E-state index contributed by atoms with van der Waals surface area (Å²) < 4.78 is 22.8. The first-order valence-electron chi connectivity index (χ1n) is 4.19. The van der Waals surface area contributed by atoms with Crippen molar-refractivity contribution in [2.75, 3.05) is 25.9 Å². The predicted molar refractivity (Wildman–Crippen MR) is 49.1 cm³/mol. The molecule has 13 heavy (non-hydrogen) atoms. The van der Waals surface area contributed by atoms with Gasteiger partial charge >= 0.3 is 0 Å². The van der Waals surface area contributed by atoms with Crippen LogP contribution in [0.25, 0.3) is 0 Å². The number of sulfone groups is 1. The minimum absolute atomic E-state index is 0.0613. The standard InChI is InChI=1S/C7H14N2O3S/c1-8-7(10)4-6-5-9-2-3-13(6,11)12/h6,9H,2-5H2,1H3,(H,8,10). The topological polar surface area (TPSA) is 75.3 Å². The average Bonchev–Trinajstić information content (AvgIpc) is 2.08. The molecule has 1 amide bonds. The summed E-state index contributed by atoms with van der Waals surface area (Å²) in [4.78, 5) is 11.0. The number of nitrogens with one attached hydrogen (secondary N) is 2. The third-order valence-electron chi connectivity index (χ3n) is 2.14. The van der Waals surface area contributed by atoms with Gasteiger partial charge in [-0.25, -0.2) is 8.42 Å². The second-order valence-corrected chi connectivity index (χ2v) is 5.47. The van der Waals surface area contributed by atoms with Crippen molar-refractivity contribution in [3.8, 4) is 0 Å². The molecule has 5 nitrogen and oxygen atoms in total. The molecule has 1 heterocycles. The largest absolute Gasteiger partial charge is 0.359 e. The minimum Gasteiger partial charge on any atom is -0.359 e. The van der Waals surface area contributed by atoms with Crippen molar-refractivity contribution in [1.29, 1.82) is 0 Å². The van der Waals surface area contributed by atoms with Crippen LogP contribution >= 0.6 is 0 Å². The van der Waals surface area contributed by atoms with Crippen molar-refractivity contribution in [3.63, 3.8) is 0 Å². The second-order valence-electron chi connectivity index (χ2n) is 3.07. The first-order chi connectivity index (χ1) is 6.06. The van der Waals surface area contributed by atoms with Gasteiger partial charge in [-0.15, -0.1) is 0 Å². The molecule has 0 aromatic heterocycles. The van der Waals surface area contributed by atoms with Crippen molar-refractivity contribution in [1.82, 2.24) is 10.6 Å². The predicted octanol–water partition coefficient (Wildman–Crippen LogP) is -1.49. The maximum Gasteiger partial charge on any atom is 0.221 e. The van der Waals surface area contributed by atoms with E-state index in [1.165, 1.54) is 7.05 Å². The molecule has 6 heteroatoms. The third kappa shape index (κ3) is 2.67. The van der Waals surface area contributed by atoms with Gasteiger partial charge in [-0.3, -0.25) is 4.79 Å². The van der Waals surface area contributed by atoms with Crippen molar-refractivity contribution in [2.24, 2.45) is 0 Å².